The highest BCUT2D eigenvalue weighted by molar-refractivity contribution is 9.11. The lowest BCUT2D eigenvalue weighted by molar-refractivity contribution is 0.144. The monoisotopic (exact) mass is 275 g/mol. The number of thiophene rings is 1. The summed E-state index contributed by atoms with van der Waals surface area (Å²) >= 11 is 5.31. The van der Waals surface area contributed by atoms with Gasteiger partial charge in [-0.1, -0.05) is 6.92 Å². The highest BCUT2D eigenvalue weighted by Gasteiger charge is 2.21. The van der Waals surface area contributed by atoms with Crippen molar-refractivity contribution in [3.8, 4) is 0 Å². The lowest BCUT2D eigenvalue weighted by Crippen LogP contribution is -2.39. The van der Waals surface area contributed by atoms with Gasteiger partial charge in [0.05, 0.1) is 3.79 Å². The molecule has 80 valence electrons. The fourth-order valence-corrected chi connectivity index (χ4v) is 2.69. The molecule has 0 aliphatic rings. The maximum Gasteiger partial charge on any atom is 0.0701 e. The Morgan fingerprint density at radius 2 is 2.07 bits per heavy atom. The van der Waals surface area contributed by atoms with Crippen molar-refractivity contribution in [3.05, 3.63) is 20.8 Å². The quantitative estimate of drug-likeness (QED) is 0.799. The van der Waals surface area contributed by atoms with E-state index in [-0.39, 0.29) is 5.54 Å². The third-order valence-electron chi connectivity index (χ3n) is 2.92. The van der Waals surface area contributed by atoms with E-state index in [0.717, 1.165) is 6.54 Å². The van der Waals surface area contributed by atoms with Crippen LogP contribution in [0, 0.1) is 0 Å². The summed E-state index contributed by atoms with van der Waals surface area (Å²) in [6.45, 7) is 7.85. The minimum Gasteiger partial charge on any atom is -0.296 e. The maximum absolute atomic E-state index is 3.49. The Morgan fingerprint density at radius 1 is 1.43 bits per heavy atom. The second kappa shape index (κ2) is 4.77. The van der Waals surface area contributed by atoms with E-state index in [9.17, 15) is 0 Å². The van der Waals surface area contributed by atoms with Crippen LogP contribution in [0.5, 0.6) is 0 Å². The first kappa shape index (κ1) is 12.2. The number of rotatable bonds is 4. The number of halogens is 1. The molecule has 14 heavy (non-hydrogen) atoms. The Hall–Kier alpha value is 0.140. The van der Waals surface area contributed by atoms with Crippen molar-refractivity contribution >= 4 is 27.3 Å². The predicted octanol–water partition coefficient (Wildman–Crippen LogP) is 4.13. The van der Waals surface area contributed by atoms with Crippen LogP contribution in [0.3, 0.4) is 0 Å². The van der Waals surface area contributed by atoms with Crippen LogP contribution in [0.1, 0.15) is 32.1 Å². The molecule has 1 aromatic rings. The van der Waals surface area contributed by atoms with E-state index in [1.165, 1.54) is 15.1 Å². The van der Waals surface area contributed by atoms with Crippen molar-refractivity contribution < 1.29 is 0 Å². The molecule has 0 N–H and O–H groups in total. The van der Waals surface area contributed by atoms with Crippen LogP contribution in [0.2, 0.25) is 0 Å². The van der Waals surface area contributed by atoms with Gasteiger partial charge in [0.15, 0.2) is 0 Å². The van der Waals surface area contributed by atoms with Crippen molar-refractivity contribution in [1.82, 2.24) is 4.90 Å². The largest absolute Gasteiger partial charge is 0.296 e. The van der Waals surface area contributed by atoms with Crippen molar-refractivity contribution in [3.63, 3.8) is 0 Å². The Morgan fingerprint density at radius 3 is 2.50 bits per heavy atom. The van der Waals surface area contributed by atoms with E-state index < -0.39 is 0 Å². The van der Waals surface area contributed by atoms with Gasteiger partial charge in [-0.05, 0) is 55.4 Å². The number of nitrogens with zero attached hydrogens (tertiary/aromatic N) is 1. The van der Waals surface area contributed by atoms with E-state index >= 15 is 0 Å². The zero-order chi connectivity index (χ0) is 10.8. The van der Waals surface area contributed by atoms with Gasteiger partial charge in [0, 0.05) is 17.0 Å². The first-order valence-electron chi connectivity index (χ1n) is 4.91. The van der Waals surface area contributed by atoms with Crippen LogP contribution in [0.4, 0.5) is 0 Å². The van der Waals surface area contributed by atoms with Gasteiger partial charge in [-0.3, -0.25) is 4.90 Å². The molecule has 0 saturated carbocycles. The van der Waals surface area contributed by atoms with E-state index in [1.807, 2.05) is 11.3 Å². The van der Waals surface area contributed by atoms with E-state index in [0.29, 0.717) is 0 Å². The molecule has 0 atom stereocenters. The van der Waals surface area contributed by atoms with Crippen LogP contribution < -0.4 is 0 Å². The Bertz CT molecular complexity index is 293. The fourth-order valence-electron chi connectivity index (χ4n) is 1.15. The number of hydrogen-bond donors (Lipinski definition) is 0. The van der Waals surface area contributed by atoms with Gasteiger partial charge in [-0.2, -0.15) is 0 Å². The lowest BCUT2D eigenvalue weighted by atomic mass is 10.00. The van der Waals surface area contributed by atoms with Gasteiger partial charge in [0.2, 0.25) is 0 Å². The summed E-state index contributed by atoms with van der Waals surface area (Å²) in [4.78, 5) is 3.83. The minimum atomic E-state index is 0.288. The van der Waals surface area contributed by atoms with Crippen molar-refractivity contribution in [2.24, 2.45) is 0 Å². The van der Waals surface area contributed by atoms with Crippen LogP contribution in [-0.4, -0.2) is 17.5 Å². The standard InChI is InChI=1S/C11H18BrNS/c1-5-11(2,3)13(4)8-9-6-7-10(12)14-9/h6-7H,5,8H2,1-4H3. The molecule has 0 spiro atoms. The van der Waals surface area contributed by atoms with Crippen LogP contribution in [0.15, 0.2) is 15.9 Å². The van der Waals surface area contributed by atoms with E-state index in [1.54, 1.807) is 0 Å². The molecule has 0 aliphatic heterocycles. The fraction of sp³-hybridized carbons (Fsp3) is 0.636. The van der Waals surface area contributed by atoms with Crippen LogP contribution >= 0.6 is 27.3 Å². The van der Waals surface area contributed by atoms with Gasteiger partial charge in [-0.25, -0.2) is 0 Å². The molecule has 0 saturated heterocycles. The van der Waals surface area contributed by atoms with Crippen molar-refractivity contribution in [2.45, 2.75) is 39.3 Å². The summed E-state index contributed by atoms with van der Waals surface area (Å²) in [5, 5.41) is 0. The molecule has 1 aromatic heterocycles. The summed E-state index contributed by atoms with van der Waals surface area (Å²) in [5.41, 5.74) is 0.288. The second-order valence-electron chi connectivity index (χ2n) is 4.23. The lowest BCUT2D eigenvalue weighted by Gasteiger charge is -2.34. The van der Waals surface area contributed by atoms with Gasteiger partial charge in [0.25, 0.3) is 0 Å². The highest BCUT2D eigenvalue weighted by Crippen LogP contribution is 2.26. The molecule has 0 aromatic carbocycles. The Labute approximate surface area is 99.3 Å². The molecule has 0 unspecified atom stereocenters. The molecule has 1 heterocycles. The molecule has 0 radical (unpaired) electrons. The molecule has 1 nitrogen and oxygen atoms in total. The number of hydrogen-bond acceptors (Lipinski definition) is 2. The molecule has 0 aliphatic carbocycles. The summed E-state index contributed by atoms with van der Waals surface area (Å²) in [5.74, 6) is 0. The second-order valence-corrected chi connectivity index (χ2v) is 6.78. The Kier molecular flexibility index (Phi) is 4.16. The van der Waals surface area contributed by atoms with Crippen molar-refractivity contribution in [2.75, 3.05) is 7.05 Å². The molecule has 0 bridgehead atoms. The first-order valence-corrected chi connectivity index (χ1v) is 6.52. The smallest absolute Gasteiger partial charge is 0.0701 e. The highest BCUT2D eigenvalue weighted by atomic mass is 79.9. The van der Waals surface area contributed by atoms with Gasteiger partial charge in [0.1, 0.15) is 0 Å². The topological polar surface area (TPSA) is 3.24 Å². The minimum absolute atomic E-state index is 0.288. The maximum atomic E-state index is 3.49. The molecule has 3 heteroatoms. The van der Waals surface area contributed by atoms with Gasteiger partial charge >= 0.3 is 0 Å². The average molecular weight is 276 g/mol. The predicted molar refractivity (Wildman–Crippen MR) is 67.9 cm³/mol. The van der Waals surface area contributed by atoms with Gasteiger partial charge < -0.3 is 0 Å². The third kappa shape index (κ3) is 3.07. The summed E-state index contributed by atoms with van der Waals surface area (Å²) in [6, 6.07) is 4.31. The molecule has 0 amide bonds. The van der Waals surface area contributed by atoms with Crippen LogP contribution in [-0.2, 0) is 6.54 Å². The average Bonchev–Trinajstić information content (AvgIpc) is 2.51. The van der Waals surface area contributed by atoms with Gasteiger partial charge in [-0.15, -0.1) is 11.3 Å². The third-order valence-corrected chi connectivity index (χ3v) is 4.53. The summed E-state index contributed by atoms with van der Waals surface area (Å²) in [6.07, 6.45) is 1.18. The first-order chi connectivity index (χ1) is 6.45. The molecular formula is C11H18BrNS. The van der Waals surface area contributed by atoms with E-state index in [2.05, 4.69) is 60.8 Å². The van der Waals surface area contributed by atoms with E-state index in [4.69, 9.17) is 0 Å². The SMILES string of the molecule is CCC(C)(C)N(C)Cc1ccc(Br)s1. The zero-order valence-electron chi connectivity index (χ0n) is 9.30. The van der Waals surface area contributed by atoms with Crippen molar-refractivity contribution in [1.29, 1.82) is 0 Å². The molecular weight excluding hydrogens is 258 g/mol. The zero-order valence-corrected chi connectivity index (χ0v) is 11.7. The summed E-state index contributed by atoms with van der Waals surface area (Å²) < 4.78 is 1.22. The van der Waals surface area contributed by atoms with Crippen LogP contribution in [0.25, 0.3) is 0 Å². The molecule has 0 fully saturated rings. The normalized spacial score (nSPS) is 12.4. The molecule has 1 rings (SSSR count). The summed E-state index contributed by atoms with van der Waals surface area (Å²) in [7, 11) is 2.19. The Balaban J connectivity index is 2.61.